The minimum absolute atomic E-state index is 0.170. The van der Waals surface area contributed by atoms with Crippen molar-refractivity contribution in [2.45, 2.75) is 52.1 Å². The molecule has 1 amide bonds. The normalized spacial score (nSPS) is 11.0. The molecule has 0 spiro atoms. The van der Waals surface area contributed by atoms with Crippen molar-refractivity contribution in [2.24, 2.45) is 5.92 Å². The van der Waals surface area contributed by atoms with Gasteiger partial charge in [0.25, 0.3) is 0 Å². The molecule has 27 heavy (non-hydrogen) atoms. The molecule has 0 aliphatic carbocycles. The third-order valence-corrected chi connectivity index (χ3v) is 5.35. The summed E-state index contributed by atoms with van der Waals surface area (Å²) in [5, 5.41) is 12.8. The standard InChI is InChI=1S/C18H26N4O3S2/c1-5-7-13-19-18(22-21-13)27-10-14(23)20-16-15(17(24)25-6-2)12(9-26-16)8-11(3)4/h9,11H,5-8,10H2,1-4H3,(H,20,23)(H,19,21,22). The summed E-state index contributed by atoms with van der Waals surface area (Å²) in [5.74, 6) is 0.792. The molecule has 0 fully saturated rings. The summed E-state index contributed by atoms with van der Waals surface area (Å²) < 4.78 is 5.17. The van der Waals surface area contributed by atoms with Gasteiger partial charge in [0.1, 0.15) is 10.8 Å². The van der Waals surface area contributed by atoms with Crippen LogP contribution in [0.5, 0.6) is 0 Å². The lowest BCUT2D eigenvalue weighted by molar-refractivity contribution is -0.113. The molecule has 2 rings (SSSR count). The van der Waals surface area contributed by atoms with E-state index in [0.29, 0.717) is 28.2 Å². The van der Waals surface area contributed by atoms with Gasteiger partial charge >= 0.3 is 5.97 Å². The number of amides is 1. The number of hydrogen-bond donors (Lipinski definition) is 2. The topological polar surface area (TPSA) is 97.0 Å². The third kappa shape index (κ3) is 6.35. The molecule has 9 heteroatoms. The summed E-state index contributed by atoms with van der Waals surface area (Å²) in [5.41, 5.74) is 1.38. The first kappa shape index (κ1) is 21.4. The number of H-pyrrole nitrogens is 1. The van der Waals surface area contributed by atoms with Crippen molar-refractivity contribution in [3.8, 4) is 0 Å². The number of ether oxygens (including phenoxy) is 1. The van der Waals surface area contributed by atoms with Gasteiger partial charge in [0, 0.05) is 6.42 Å². The Morgan fingerprint density at radius 2 is 2.15 bits per heavy atom. The van der Waals surface area contributed by atoms with Crippen LogP contribution in [0, 0.1) is 5.92 Å². The van der Waals surface area contributed by atoms with Gasteiger partial charge in [0.15, 0.2) is 0 Å². The fourth-order valence-corrected chi connectivity index (χ4v) is 4.08. The Morgan fingerprint density at radius 3 is 2.81 bits per heavy atom. The van der Waals surface area contributed by atoms with Gasteiger partial charge in [-0.25, -0.2) is 9.78 Å². The molecule has 0 aliphatic rings. The van der Waals surface area contributed by atoms with E-state index < -0.39 is 5.97 Å². The number of thioether (sulfide) groups is 1. The highest BCUT2D eigenvalue weighted by Gasteiger charge is 2.22. The number of rotatable bonds is 10. The van der Waals surface area contributed by atoms with Crippen LogP contribution >= 0.6 is 23.1 Å². The Bertz CT molecular complexity index is 770. The molecule has 2 heterocycles. The summed E-state index contributed by atoms with van der Waals surface area (Å²) in [6.45, 7) is 8.31. The van der Waals surface area contributed by atoms with Crippen molar-refractivity contribution in [2.75, 3.05) is 17.7 Å². The number of aryl methyl sites for hydroxylation is 1. The van der Waals surface area contributed by atoms with Gasteiger partial charge in [-0.1, -0.05) is 32.5 Å². The number of thiophene rings is 1. The molecular weight excluding hydrogens is 384 g/mol. The second kappa shape index (κ2) is 10.5. The van der Waals surface area contributed by atoms with Gasteiger partial charge in [0.05, 0.1) is 17.9 Å². The van der Waals surface area contributed by atoms with Gasteiger partial charge in [-0.2, -0.15) is 0 Å². The molecule has 0 atom stereocenters. The Hall–Kier alpha value is -1.87. The zero-order valence-corrected chi connectivity index (χ0v) is 17.8. The summed E-state index contributed by atoms with van der Waals surface area (Å²) >= 11 is 2.61. The maximum atomic E-state index is 12.4. The molecule has 7 nitrogen and oxygen atoms in total. The van der Waals surface area contributed by atoms with E-state index in [1.165, 1.54) is 23.1 Å². The Kier molecular flexibility index (Phi) is 8.30. The maximum absolute atomic E-state index is 12.4. The fraction of sp³-hybridized carbons (Fsp3) is 0.556. The number of nitrogens with zero attached hydrogens (tertiary/aromatic N) is 2. The summed E-state index contributed by atoms with van der Waals surface area (Å²) in [6.07, 6.45) is 2.57. The number of aromatic amines is 1. The van der Waals surface area contributed by atoms with Gasteiger partial charge in [-0.15, -0.1) is 16.4 Å². The van der Waals surface area contributed by atoms with E-state index in [-0.39, 0.29) is 11.7 Å². The van der Waals surface area contributed by atoms with Crippen LogP contribution in [0.15, 0.2) is 10.5 Å². The first-order valence-electron chi connectivity index (χ1n) is 9.05. The molecule has 0 saturated heterocycles. The van der Waals surface area contributed by atoms with E-state index >= 15 is 0 Å². The van der Waals surface area contributed by atoms with Crippen molar-refractivity contribution in [3.05, 3.63) is 22.3 Å². The van der Waals surface area contributed by atoms with Crippen LogP contribution in [0.3, 0.4) is 0 Å². The van der Waals surface area contributed by atoms with E-state index in [2.05, 4.69) is 41.3 Å². The second-order valence-corrected chi connectivity index (χ2v) is 8.26. The Balaban J connectivity index is 2.02. The van der Waals surface area contributed by atoms with Crippen LogP contribution in [-0.2, 0) is 22.4 Å². The highest BCUT2D eigenvalue weighted by molar-refractivity contribution is 7.99. The quantitative estimate of drug-likeness (QED) is 0.455. The van der Waals surface area contributed by atoms with Crippen LogP contribution < -0.4 is 5.32 Å². The molecule has 2 aromatic rings. The molecule has 0 aliphatic heterocycles. The SMILES string of the molecule is CCCc1nc(SCC(=O)Nc2scc(CC(C)C)c2C(=O)OCC)n[nH]1. The fourth-order valence-electron chi connectivity index (χ4n) is 2.49. The number of anilines is 1. The number of esters is 1. The molecule has 148 valence electrons. The highest BCUT2D eigenvalue weighted by atomic mass is 32.2. The Morgan fingerprint density at radius 1 is 1.37 bits per heavy atom. The average molecular weight is 411 g/mol. The molecular formula is C18H26N4O3S2. The number of carbonyl (C=O) groups is 2. The van der Waals surface area contributed by atoms with Gasteiger partial charge < -0.3 is 10.1 Å². The number of hydrogen-bond acceptors (Lipinski definition) is 7. The second-order valence-electron chi connectivity index (χ2n) is 6.44. The van der Waals surface area contributed by atoms with Crippen LogP contribution in [0.25, 0.3) is 0 Å². The molecule has 0 unspecified atom stereocenters. The van der Waals surface area contributed by atoms with Crippen molar-refractivity contribution in [1.29, 1.82) is 0 Å². The van der Waals surface area contributed by atoms with E-state index in [0.717, 1.165) is 30.7 Å². The predicted octanol–water partition coefficient (Wildman–Crippen LogP) is 3.92. The zero-order chi connectivity index (χ0) is 19.8. The van der Waals surface area contributed by atoms with Crippen molar-refractivity contribution in [1.82, 2.24) is 15.2 Å². The monoisotopic (exact) mass is 410 g/mol. The molecule has 0 aromatic carbocycles. The summed E-state index contributed by atoms with van der Waals surface area (Å²) in [4.78, 5) is 29.0. The van der Waals surface area contributed by atoms with E-state index in [1.54, 1.807) is 6.92 Å². The largest absolute Gasteiger partial charge is 0.462 e. The van der Waals surface area contributed by atoms with E-state index in [1.807, 2.05) is 5.38 Å². The van der Waals surface area contributed by atoms with E-state index in [9.17, 15) is 9.59 Å². The van der Waals surface area contributed by atoms with E-state index in [4.69, 9.17) is 4.74 Å². The lowest BCUT2D eigenvalue weighted by Gasteiger charge is -2.09. The van der Waals surface area contributed by atoms with Crippen LogP contribution in [-0.4, -0.2) is 39.4 Å². The minimum Gasteiger partial charge on any atom is -0.462 e. The molecule has 2 N–H and O–H groups in total. The average Bonchev–Trinajstić information content (AvgIpc) is 3.20. The van der Waals surface area contributed by atoms with Crippen molar-refractivity contribution < 1.29 is 14.3 Å². The van der Waals surface area contributed by atoms with Gasteiger partial charge in [0.2, 0.25) is 11.1 Å². The summed E-state index contributed by atoms with van der Waals surface area (Å²) in [7, 11) is 0. The minimum atomic E-state index is -0.393. The van der Waals surface area contributed by atoms with Crippen LogP contribution in [0.2, 0.25) is 0 Å². The smallest absolute Gasteiger partial charge is 0.341 e. The first-order chi connectivity index (χ1) is 12.9. The van der Waals surface area contributed by atoms with Crippen LogP contribution in [0.4, 0.5) is 5.00 Å². The predicted molar refractivity (Wildman–Crippen MR) is 109 cm³/mol. The van der Waals surface area contributed by atoms with Crippen molar-refractivity contribution in [3.63, 3.8) is 0 Å². The van der Waals surface area contributed by atoms with Crippen LogP contribution in [0.1, 0.15) is 55.9 Å². The summed E-state index contributed by atoms with van der Waals surface area (Å²) in [6, 6.07) is 0. The van der Waals surface area contributed by atoms with Gasteiger partial charge in [-0.05, 0) is 36.6 Å². The number of carbonyl (C=O) groups excluding carboxylic acids is 2. The molecule has 0 saturated carbocycles. The van der Waals surface area contributed by atoms with Gasteiger partial charge in [-0.3, -0.25) is 9.89 Å². The highest BCUT2D eigenvalue weighted by Crippen LogP contribution is 2.31. The zero-order valence-electron chi connectivity index (χ0n) is 16.1. The first-order valence-corrected chi connectivity index (χ1v) is 10.9. The molecule has 0 radical (unpaired) electrons. The lowest BCUT2D eigenvalue weighted by Crippen LogP contribution is -2.17. The maximum Gasteiger partial charge on any atom is 0.341 e. The molecule has 0 bridgehead atoms. The number of aromatic nitrogens is 3. The number of nitrogens with one attached hydrogen (secondary N) is 2. The third-order valence-electron chi connectivity index (χ3n) is 3.56. The Labute approximate surface area is 167 Å². The molecule has 2 aromatic heterocycles. The lowest BCUT2D eigenvalue weighted by atomic mass is 10.0. The van der Waals surface area contributed by atoms with Crippen molar-refractivity contribution >= 4 is 40.0 Å².